The quantitative estimate of drug-likeness (QED) is 0.496. The molecule has 2 atom stereocenters. The summed E-state index contributed by atoms with van der Waals surface area (Å²) in [7, 11) is 0. The summed E-state index contributed by atoms with van der Waals surface area (Å²) in [6.45, 7) is 8.13. The SMILES string of the molecule is CCOCCN1C(=O)C(S)C1(c1ccccc1)C(C)C. The van der Waals surface area contributed by atoms with Gasteiger partial charge in [-0.15, -0.1) is 0 Å². The Labute approximate surface area is 126 Å². The second kappa shape index (κ2) is 6.19. The van der Waals surface area contributed by atoms with Crippen molar-refractivity contribution >= 4 is 18.5 Å². The number of carbonyl (C=O) groups is 1. The lowest BCUT2D eigenvalue weighted by atomic mass is 9.69. The number of nitrogens with zero attached hydrogens (tertiary/aromatic N) is 1. The Kier molecular flexibility index (Phi) is 4.76. The molecule has 1 saturated heterocycles. The monoisotopic (exact) mass is 293 g/mol. The number of benzene rings is 1. The summed E-state index contributed by atoms with van der Waals surface area (Å²) in [6.07, 6.45) is 0. The van der Waals surface area contributed by atoms with Gasteiger partial charge in [-0.25, -0.2) is 0 Å². The Morgan fingerprint density at radius 1 is 1.35 bits per heavy atom. The van der Waals surface area contributed by atoms with E-state index in [9.17, 15) is 4.79 Å². The lowest BCUT2D eigenvalue weighted by Crippen LogP contribution is -2.72. The van der Waals surface area contributed by atoms with Crippen LogP contribution in [0.1, 0.15) is 26.3 Å². The van der Waals surface area contributed by atoms with Crippen molar-refractivity contribution in [1.82, 2.24) is 4.90 Å². The van der Waals surface area contributed by atoms with Crippen molar-refractivity contribution in [3.05, 3.63) is 35.9 Å². The lowest BCUT2D eigenvalue weighted by molar-refractivity contribution is -0.163. The maximum Gasteiger partial charge on any atom is 0.239 e. The third-order valence-electron chi connectivity index (χ3n) is 4.14. The van der Waals surface area contributed by atoms with Gasteiger partial charge in [-0.05, 0) is 18.4 Å². The molecule has 1 aromatic carbocycles. The van der Waals surface area contributed by atoms with E-state index in [1.165, 1.54) is 0 Å². The Bertz CT molecular complexity index is 463. The van der Waals surface area contributed by atoms with E-state index >= 15 is 0 Å². The summed E-state index contributed by atoms with van der Waals surface area (Å²) < 4.78 is 5.41. The smallest absolute Gasteiger partial charge is 0.239 e. The average molecular weight is 293 g/mol. The first-order valence-corrected chi connectivity index (χ1v) is 7.71. The molecule has 0 radical (unpaired) electrons. The molecule has 0 saturated carbocycles. The standard InChI is InChI=1S/C16H23NO2S/c1-4-19-11-10-17-15(18)14(20)16(17,12(2)3)13-8-6-5-7-9-13/h5-9,12,14,20H,4,10-11H2,1-3H3. The van der Waals surface area contributed by atoms with Crippen LogP contribution in [0, 0.1) is 5.92 Å². The average Bonchev–Trinajstić information content (AvgIpc) is 2.46. The highest BCUT2D eigenvalue weighted by Gasteiger charge is 2.60. The highest BCUT2D eigenvalue weighted by molar-refractivity contribution is 7.82. The summed E-state index contributed by atoms with van der Waals surface area (Å²) >= 11 is 4.58. The van der Waals surface area contributed by atoms with Crippen LogP contribution in [0.3, 0.4) is 0 Å². The number of rotatable bonds is 6. The third-order valence-corrected chi connectivity index (χ3v) is 4.76. The van der Waals surface area contributed by atoms with E-state index in [1.807, 2.05) is 30.0 Å². The zero-order valence-corrected chi connectivity index (χ0v) is 13.3. The minimum Gasteiger partial charge on any atom is -0.380 e. The molecule has 0 N–H and O–H groups in total. The van der Waals surface area contributed by atoms with Crippen LogP contribution in [-0.2, 0) is 15.1 Å². The molecule has 2 unspecified atom stereocenters. The summed E-state index contributed by atoms with van der Waals surface area (Å²) in [6, 6.07) is 10.2. The van der Waals surface area contributed by atoms with Crippen LogP contribution in [0.4, 0.5) is 0 Å². The molecule has 1 aliphatic heterocycles. The first-order chi connectivity index (χ1) is 9.56. The number of amides is 1. The number of thiol groups is 1. The summed E-state index contributed by atoms with van der Waals surface area (Å²) in [5.74, 6) is 0.400. The van der Waals surface area contributed by atoms with Gasteiger partial charge < -0.3 is 9.64 Å². The number of hydrogen-bond acceptors (Lipinski definition) is 3. The number of hydrogen-bond donors (Lipinski definition) is 1. The van der Waals surface area contributed by atoms with Gasteiger partial charge in [0.2, 0.25) is 5.91 Å². The van der Waals surface area contributed by atoms with Crippen molar-refractivity contribution in [2.75, 3.05) is 19.8 Å². The molecule has 0 bridgehead atoms. The van der Waals surface area contributed by atoms with Gasteiger partial charge >= 0.3 is 0 Å². The fourth-order valence-electron chi connectivity index (χ4n) is 3.17. The van der Waals surface area contributed by atoms with Crippen LogP contribution in [0.15, 0.2) is 30.3 Å². The molecule has 1 aliphatic rings. The maximum absolute atomic E-state index is 12.2. The van der Waals surface area contributed by atoms with Gasteiger partial charge in [0.1, 0.15) is 5.25 Å². The third kappa shape index (κ3) is 2.25. The Morgan fingerprint density at radius 3 is 2.55 bits per heavy atom. The number of carbonyl (C=O) groups excluding carboxylic acids is 1. The van der Waals surface area contributed by atoms with E-state index < -0.39 is 0 Å². The van der Waals surface area contributed by atoms with E-state index in [4.69, 9.17) is 4.74 Å². The van der Waals surface area contributed by atoms with Crippen molar-refractivity contribution in [3.63, 3.8) is 0 Å². The summed E-state index contributed by atoms with van der Waals surface area (Å²) in [5.41, 5.74) is 0.838. The molecule has 110 valence electrons. The minimum atomic E-state index is -0.321. The fourth-order valence-corrected chi connectivity index (χ4v) is 3.90. The van der Waals surface area contributed by atoms with Crippen molar-refractivity contribution in [2.45, 2.75) is 31.6 Å². The van der Waals surface area contributed by atoms with Crippen LogP contribution < -0.4 is 0 Å². The molecular weight excluding hydrogens is 270 g/mol. The van der Waals surface area contributed by atoms with Crippen molar-refractivity contribution in [3.8, 4) is 0 Å². The summed E-state index contributed by atoms with van der Waals surface area (Å²) in [5, 5.41) is -0.272. The van der Waals surface area contributed by atoms with Crippen molar-refractivity contribution < 1.29 is 9.53 Å². The van der Waals surface area contributed by atoms with Gasteiger partial charge in [-0.1, -0.05) is 44.2 Å². The second-order valence-corrected chi connectivity index (χ2v) is 5.95. The molecule has 2 rings (SSSR count). The predicted octanol–water partition coefficient (Wildman–Crippen LogP) is 2.72. The molecule has 0 aromatic heterocycles. The highest BCUT2D eigenvalue weighted by atomic mass is 32.1. The van der Waals surface area contributed by atoms with Crippen LogP contribution in [-0.4, -0.2) is 35.8 Å². The van der Waals surface area contributed by atoms with E-state index in [2.05, 4.69) is 38.6 Å². The first kappa shape index (κ1) is 15.4. The van der Waals surface area contributed by atoms with Crippen LogP contribution in [0.2, 0.25) is 0 Å². The molecule has 3 nitrogen and oxygen atoms in total. The van der Waals surface area contributed by atoms with Crippen molar-refractivity contribution in [2.24, 2.45) is 5.92 Å². The second-order valence-electron chi connectivity index (χ2n) is 5.44. The van der Waals surface area contributed by atoms with Crippen LogP contribution in [0.5, 0.6) is 0 Å². The molecule has 0 spiro atoms. The van der Waals surface area contributed by atoms with Gasteiger partial charge in [0, 0.05) is 13.2 Å². The van der Waals surface area contributed by atoms with Crippen LogP contribution in [0.25, 0.3) is 0 Å². The maximum atomic E-state index is 12.2. The zero-order chi connectivity index (χ0) is 14.8. The van der Waals surface area contributed by atoms with E-state index in [1.54, 1.807) is 0 Å². The van der Waals surface area contributed by atoms with Gasteiger partial charge in [0.05, 0.1) is 12.1 Å². The number of β-lactam (4-membered cyclic amide) rings is 1. The van der Waals surface area contributed by atoms with Gasteiger partial charge in [0.15, 0.2) is 0 Å². The normalized spacial score (nSPS) is 25.9. The number of ether oxygens (including phenoxy) is 1. The molecular formula is C16H23NO2S. The van der Waals surface area contributed by atoms with Crippen LogP contribution >= 0.6 is 12.6 Å². The Hall–Kier alpha value is -1.00. The molecule has 1 heterocycles. The van der Waals surface area contributed by atoms with E-state index in [0.29, 0.717) is 25.7 Å². The molecule has 4 heteroatoms. The molecule has 0 aliphatic carbocycles. The zero-order valence-electron chi connectivity index (χ0n) is 12.4. The molecule has 1 fully saturated rings. The predicted molar refractivity (Wildman–Crippen MR) is 83.9 cm³/mol. The van der Waals surface area contributed by atoms with Gasteiger partial charge in [-0.3, -0.25) is 4.79 Å². The highest BCUT2D eigenvalue weighted by Crippen LogP contribution is 2.49. The fraction of sp³-hybridized carbons (Fsp3) is 0.562. The lowest BCUT2D eigenvalue weighted by Gasteiger charge is -2.59. The number of likely N-dealkylation sites (tertiary alicyclic amines) is 1. The van der Waals surface area contributed by atoms with Crippen molar-refractivity contribution in [1.29, 1.82) is 0 Å². The van der Waals surface area contributed by atoms with E-state index in [0.717, 1.165) is 5.56 Å². The van der Waals surface area contributed by atoms with Gasteiger partial charge in [-0.2, -0.15) is 12.6 Å². The van der Waals surface area contributed by atoms with E-state index in [-0.39, 0.29) is 16.7 Å². The molecule has 1 aromatic rings. The Balaban J connectivity index is 2.32. The van der Waals surface area contributed by atoms with Gasteiger partial charge in [0.25, 0.3) is 0 Å². The Morgan fingerprint density at radius 2 is 2.00 bits per heavy atom. The molecule has 1 amide bonds. The largest absolute Gasteiger partial charge is 0.380 e. The topological polar surface area (TPSA) is 29.5 Å². The molecule has 20 heavy (non-hydrogen) atoms. The summed E-state index contributed by atoms with van der Waals surface area (Å²) in [4.78, 5) is 14.2. The minimum absolute atomic E-state index is 0.102. The first-order valence-electron chi connectivity index (χ1n) is 7.19.